The number of rotatable bonds is 10. The number of carbonyl (C=O) groups excluding carboxylic acids is 2. The number of nitrogens with zero attached hydrogens (tertiary/aromatic N) is 3. The zero-order chi connectivity index (χ0) is 24.8. The number of alkyl carbamates (subject to hydrolysis) is 1. The molecule has 10 heteroatoms. The van der Waals surface area contributed by atoms with Crippen molar-refractivity contribution in [1.29, 1.82) is 0 Å². The van der Waals surface area contributed by atoms with Gasteiger partial charge >= 0.3 is 12.1 Å². The van der Waals surface area contributed by atoms with Crippen LogP contribution in [0.5, 0.6) is 0 Å². The molecule has 1 atom stereocenters. The van der Waals surface area contributed by atoms with Crippen LogP contribution in [0.2, 0.25) is 0 Å². The molecule has 0 saturated carbocycles. The first-order valence-corrected chi connectivity index (χ1v) is 11.4. The molecule has 0 bridgehead atoms. The van der Waals surface area contributed by atoms with Crippen LogP contribution in [0.1, 0.15) is 35.7 Å². The minimum Gasteiger partial charge on any atom is -0.481 e. The van der Waals surface area contributed by atoms with Gasteiger partial charge in [-0.3, -0.25) is 9.59 Å². The number of carbonyl (C=O) groups is 3. The highest BCUT2D eigenvalue weighted by Gasteiger charge is 2.30. The van der Waals surface area contributed by atoms with Crippen molar-refractivity contribution in [3.63, 3.8) is 0 Å². The average molecular weight is 478 g/mol. The number of carboxylic acids is 1. The number of benzene rings is 2. The van der Waals surface area contributed by atoms with E-state index in [1.54, 1.807) is 10.9 Å². The monoisotopic (exact) mass is 477 g/mol. The third-order valence-corrected chi connectivity index (χ3v) is 6.01. The molecule has 1 aromatic heterocycles. The van der Waals surface area contributed by atoms with E-state index >= 15 is 0 Å². The van der Waals surface area contributed by atoms with E-state index in [1.165, 1.54) is 0 Å². The lowest BCUT2D eigenvalue weighted by atomic mass is 9.98. The minimum absolute atomic E-state index is 0.0684. The van der Waals surface area contributed by atoms with Crippen molar-refractivity contribution in [2.24, 2.45) is 7.05 Å². The van der Waals surface area contributed by atoms with Crippen molar-refractivity contribution in [3.8, 4) is 11.1 Å². The molecule has 2 aromatic carbocycles. The molecular weight excluding hydrogens is 450 g/mol. The maximum Gasteiger partial charge on any atom is 0.407 e. The molecule has 1 unspecified atom stereocenters. The third-order valence-electron chi connectivity index (χ3n) is 6.01. The zero-order valence-corrected chi connectivity index (χ0v) is 19.3. The average Bonchev–Trinajstić information content (AvgIpc) is 3.40. The first-order valence-electron chi connectivity index (χ1n) is 11.4. The predicted octanol–water partition coefficient (Wildman–Crippen LogP) is 2.25. The number of amides is 2. The molecule has 0 aliphatic heterocycles. The van der Waals surface area contributed by atoms with E-state index in [9.17, 15) is 19.5 Å². The van der Waals surface area contributed by atoms with Gasteiger partial charge in [-0.1, -0.05) is 48.5 Å². The number of aryl methyl sites for hydroxylation is 2. The first-order chi connectivity index (χ1) is 16.9. The van der Waals surface area contributed by atoms with E-state index in [0.29, 0.717) is 19.4 Å². The Bertz CT molecular complexity index is 1180. The predicted molar refractivity (Wildman–Crippen MR) is 127 cm³/mol. The summed E-state index contributed by atoms with van der Waals surface area (Å²) in [5.41, 5.74) is 4.32. The molecule has 3 N–H and O–H groups in total. The van der Waals surface area contributed by atoms with Gasteiger partial charge < -0.3 is 25.0 Å². The van der Waals surface area contributed by atoms with E-state index in [1.807, 2.05) is 55.6 Å². The lowest BCUT2D eigenvalue weighted by Crippen LogP contribution is -2.48. The molecule has 0 radical (unpaired) electrons. The molecule has 182 valence electrons. The molecule has 10 nitrogen and oxygen atoms in total. The number of ether oxygens (including phenoxy) is 1. The minimum atomic E-state index is -1.25. The molecule has 1 aliphatic rings. The molecule has 1 aliphatic carbocycles. The smallest absolute Gasteiger partial charge is 0.407 e. The Morgan fingerprint density at radius 3 is 2.34 bits per heavy atom. The molecule has 0 spiro atoms. The molecular formula is C25H27N5O5. The summed E-state index contributed by atoms with van der Waals surface area (Å²) in [6.45, 7) is 0.368. The Morgan fingerprint density at radius 1 is 1.09 bits per heavy atom. The summed E-state index contributed by atoms with van der Waals surface area (Å²) >= 11 is 0. The van der Waals surface area contributed by atoms with Gasteiger partial charge in [0.2, 0.25) is 5.91 Å². The van der Waals surface area contributed by atoms with Gasteiger partial charge in [-0.15, -0.1) is 10.2 Å². The Morgan fingerprint density at radius 2 is 1.74 bits per heavy atom. The Balaban J connectivity index is 1.32. The standard InChI is InChI=1S/C25H27N5O5/c1-30-15-27-29-22(30)11-6-12-26-24(33)21(13-23(31)32)28-25(34)35-14-20-18-9-4-2-7-16(18)17-8-3-5-10-19(17)20/h2-5,7-10,15,20-21H,6,11-14H2,1H3,(H,26,33)(H,28,34)(H,31,32). The van der Waals surface area contributed by atoms with Crippen molar-refractivity contribution >= 4 is 18.0 Å². The van der Waals surface area contributed by atoms with E-state index in [0.717, 1.165) is 28.1 Å². The van der Waals surface area contributed by atoms with E-state index in [2.05, 4.69) is 20.8 Å². The van der Waals surface area contributed by atoms with Crippen LogP contribution in [-0.4, -0.2) is 57.0 Å². The van der Waals surface area contributed by atoms with Crippen LogP contribution >= 0.6 is 0 Å². The highest BCUT2D eigenvalue weighted by Crippen LogP contribution is 2.44. The molecule has 3 aromatic rings. The van der Waals surface area contributed by atoms with Crippen LogP contribution in [0.4, 0.5) is 4.79 Å². The molecule has 0 fully saturated rings. The fraction of sp³-hybridized carbons (Fsp3) is 0.320. The maximum atomic E-state index is 12.6. The van der Waals surface area contributed by atoms with Crippen molar-refractivity contribution in [3.05, 3.63) is 71.8 Å². The summed E-state index contributed by atoms with van der Waals surface area (Å²) in [6.07, 6.45) is 1.38. The van der Waals surface area contributed by atoms with Gasteiger partial charge in [0, 0.05) is 25.9 Å². The quantitative estimate of drug-likeness (QED) is 0.381. The lowest BCUT2D eigenvalue weighted by Gasteiger charge is -2.18. The van der Waals surface area contributed by atoms with Crippen LogP contribution in [0, 0.1) is 0 Å². The van der Waals surface area contributed by atoms with Crippen LogP contribution in [0.15, 0.2) is 54.9 Å². The van der Waals surface area contributed by atoms with Crippen LogP contribution in [-0.2, 0) is 27.8 Å². The summed E-state index contributed by atoms with van der Waals surface area (Å²) in [5.74, 6) is -1.15. The number of carboxylic acid groups (broad SMARTS) is 1. The summed E-state index contributed by atoms with van der Waals surface area (Å²) in [7, 11) is 1.83. The molecule has 35 heavy (non-hydrogen) atoms. The number of fused-ring (bicyclic) bond motifs is 3. The van der Waals surface area contributed by atoms with Crippen molar-refractivity contribution in [2.75, 3.05) is 13.2 Å². The number of nitrogens with one attached hydrogen (secondary N) is 2. The number of hydrogen-bond acceptors (Lipinski definition) is 6. The fourth-order valence-electron chi connectivity index (χ4n) is 4.28. The van der Waals surface area contributed by atoms with Crippen LogP contribution in [0.3, 0.4) is 0 Å². The molecule has 2 amide bonds. The Kier molecular flexibility index (Phi) is 7.39. The molecule has 4 rings (SSSR count). The van der Waals surface area contributed by atoms with Crippen LogP contribution in [0.25, 0.3) is 11.1 Å². The van der Waals surface area contributed by atoms with Gasteiger partial charge in [0.25, 0.3) is 0 Å². The van der Waals surface area contributed by atoms with Crippen LogP contribution < -0.4 is 10.6 Å². The second-order valence-corrected chi connectivity index (χ2v) is 8.37. The molecule has 0 saturated heterocycles. The summed E-state index contributed by atoms with van der Waals surface area (Å²) in [4.78, 5) is 36.3. The van der Waals surface area contributed by atoms with Crippen molar-refractivity contribution in [1.82, 2.24) is 25.4 Å². The van der Waals surface area contributed by atoms with Gasteiger partial charge in [0.1, 0.15) is 24.8 Å². The van der Waals surface area contributed by atoms with Gasteiger partial charge in [0.05, 0.1) is 6.42 Å². The van der Waals surface area contributed by atoms with Gasteiger partial charge in [-0.05, 0) is 28.7 Å². The SMILES string of the molecule is Cn1cnnc1CCCNC(=O)C(CC(=O)O)NC(=O)OCC1c2ccccc2-c2ccccc21. The van der Waals surface area contributed by atoms with Crippen molar-refractivity contribution < 1.29 is 24.2 Å². The molecule has 1 heterocycles. The topological polar surface area (TPSA) is 135 Å². The Labute approximate surface area is 202 Å². The normalized spacial score (nSPS) is 12.9. The van der Waals surface area contributed by atoms with Gasteiger partial charge in [-0.2, -0.15) is 0 Å². The number of hydrogen-bond donors (Lipinski definition) is 3. The summed E-state index contributed by atoms with van der Waals surface area (Å²) in [6, 6.07) is 14.6. The van der Waals surface area contributed by atoms with E-state index < -0.39 is 30.4 Å². The fourth-order valence-corrected chi connectivity index (χ4v) is 4.28. The lowest BCUT2D eigenvalue weighted by molar-refractivity contribution is -0.139. The van der Waals surface area contributed by atoms with E-state index in [-0.39, 0.29) is 12.5 Å². The highest BCUT2D eigenvalue weighted by molar-refractivity contribution is 5.89. The number of aromatic nitrogens is 3. The Hall–Kier alpha value is -4.21. The second-order valence-electron chi connectivity index (χ2n) is 8.37. The van der Waals surface area contributed by atoms with Gasteiger partial charge in [0.15, 0.2) is 0 Å². The van der Waals surface area contributed by atoms with Crippen molar-refractivity contribution in [2.45, 2.75) is 31.2 Å². The first kappa shape index (κ1) is 23.9. The highest BCUT2D eigenvalue weighted by atomic mass is 16.5. The van der Waals surface area contributed by atoms with E-state index in [4.69, 9.17) is 4.74 Å². The third kappa shape index (κ3) is 5.65. The largest absolute Gasteiger partial charge is 0.481 e. The zero-order valence-electron chi connectivity index (χ0n) is 19.3. The maximum absolute atomic E-state index is 12.6. The second kappa shape index (κ2) is 10.8. The van der Waals surface area contributed by atoms with Gasteiger partial charge in [-0.25, -0.2) is 4.79 Å². The summed E-state index contributed by atoms with van der Waals surface area (Å²) in [5, 5.41) is 22.1. The summed E-state index contributed by atoms with van der Waals surface area (Å²) < 4.78 is 7.23. The number of aliphatic carboxylic acids is 1.